The third-order valence-electron chi connectivity index (χ3n) is 3.15. The first kappa shape index (κ1) is 19.0. The van der Waals surface area contributed by atoms with Crippen LogP contribution in [0.25, 0.3) is 0 Å². The second-order valence-corrected chi connectivity index (χ2v) is 5.73. The Morgan fingerprint density at radius 1 is 1.28 bits per heavy atom. The molecular formula is C15H10Cl2F3N3O2. The first-order valence-electron chi connectivity index (χ1n) is 6.67. The van der Waals surface area contributed by atoms with Crippen molar-refractivity contribution in [1.29, 1.82) is 5.41 Å². The van der Waals surface area contributed by atoms with Crippen molar-refractivity contribution >= 4 is 40.6 Å². The van der Waals surface area contributed by atoms with Gasteiger partial charge in [0.2, 0.25) is 0 Å². The summed E-state index contributed by atoms with van der Waals surface area (Å²) in [6.45, 7) is -0.0150. The van der Waals surface area contributed by atoms with Crippen molar-refractivity contribution in [2.45, 2.75) is 12.7 Å². The molecule has 3 N–H and O–H groups in total. The van der Waals surface area contributed by atoms with E-state index in [-0.39, 0.29) is 17.3 Å². The summed E-state index contributed by atoms with van der Waals surface area (Å²) in [4.78, 5) is 14.4. The van der Waals surface area contributed by atoms with Gasteiger partial charge in [0.1, 0.15) is 5.69 Å². The van der Waals surface area contributed by atoms with E-state index in [0.717, 1.165) is 0 Å². The predicted octanol–water partition coefficient (Wildman–Crippen LogP) is 4.47. The van der Waals surface area contributed by atoms with Crippen LogP contribution in [-0.2, 0) is 17.5 Å². The van der Waals surface area contributed by atoms with Crippen LogP contribution in [0.1, 0.15) is 16.8 Å². The average Bonchev–Trinajstić information content (AvgIpc) is 2.52. The first-order chi connectivity index (χ1) is 11.6. The molecule has 0 saturated heterocycles. The maximum absolute atomic E-state index is 12.9. The fourth-order valence-electron chi connectivity index (χ4n) is 1.91. The highest BCUT2D eigenvalue weighted by Gasteiger charge is 2.32. The van der Waals surface area contributed by atoms with Crippen LogP contribution in [0.2, 0.25) is 10.0 Å². The van der Waals surface area contributed by atoms with E-state index < -0.39 is 29.1 Å². The molecule has 1 heterocycles. The Morgan fingerprint density at radius 3 is 2.52 bits per heavy atom. The molecule has 0 bridgehead atoms. The summed E-state index contributed by atoms with van der Waals surface area (Å²) in [5, 5.41) is 19.7. The minimum Gasteiger partial charge on any atom is -0.476 e. The standard InChI is InChI=1S/C15H10Cl2F3N3O2/c16-9-2-1-7(10(17)4-9)5-22-11-3-8(15(18,19)20)6-23-13(11)12(21)14(24)25/h1-4,6,21-22H,5H2,(H,24,25). The Labute approximate surface area is 149 Å². The molecule has 132 valence electrons. The fraction of sp³-hybridized carbons (Fsp3) is 0.133. The van der Waals surface area contributed by atoms with Gasteiger partial charge in [-0.3, -0.25) is 10.4 Å². The van der Waals surface area contributed by atoms with Crippen LogP contribution in [-0.4, -0.2) is 21.8 Å². The highest BCUT2D eigenvalue weighted by molar-refractivity contribution is 6.41. The van der Waals surface area contributed by atoms with E-state index in [9.17, 15) is 18.0 Å². The number of anilines is 1. The number of halogens is 5. The van der Waals surface area contributed by atoms with Crippen LogP contribution < -0.4 is 5.32 Å². The van der Waals surface area contributed by atoms with Crippen LogP contribution >= 0.6 is 23.2 Å². The van der Waals surface area contributed by atoms with Crippen molar-refractivity contribution in [1.82, 2.24) is 4.98 Å². The van der Waals surface area contributed by atoms with Gasteiger partial charge in [0.25, 0.3) is 0 Å². The zero-order valence-electron chi connectivity index (χ0n) is 12.3. The number of carboxylic acids is 1. The number of rotatable bonds is 5. The average molecular weight is 392 g/mol. The molecule has 0 aliphatic heterocycles. The lowest BCUT2D eigenvalue weighted by Crippen LogP contribution is -2.19. The van der Waals surface area contributed by atoms with Gasteiger partial charge in [0.05, 0.1) is 11.3 Å². The van der Waals surface area contributed by atoms with E-state index in [1.54, 1.807) is 12.1 Å². The van der Waals surface area contributed by atoms with Crippen LogP contribution in [0.15, 0.2) is 30.5 Å². The van der Waals surface area contributed by atoms with Crippen molar-refractivity contribution in [3.8, 4) is 0 Å². The minimum absolute atomic E-state index is 0.0150. The third-order valence-corrected chi connectivity index (χ3v) is 3.74. The van der Waals surface area contributed by atoms with Crippen molar-refractivity contribution < 1.29 is 23.1 Å². The maximum atomic E-state index is 12.9. The minimum atomic E-state index is -4.66. The molecule has 2 aromatic rings. The SMILES string of the molecule is N=C(C(=O)O)c1ncc(C(F)(F)F)cc1NCc1ccc(Cl)cc1Cl. The molecule has 0 aliphatic carbocycles. The summed E-state index contributed by atoms with van der Waals surface area (Å²) in [5.74, 6) is -1.61. The summed E-state index contributed by atoms with van der Waals surface area (Å²) in [7, 11) is 0. The number of aromatic nitrogens is 1. The number of nitrogens with one attached hydrogen (secondary N) is 2. The molecule has 0 atom stereocenters. The van der Waals surface area contributed by atoms with Crippen LogP contribution in [0.5, 0.6) is 0 Å². The van der Waals surface area contributed by atoms with Crippen LogP contribution in [0.3, 0.4) is 0 Å². The number of nitrogens with zero attached hydrogens (tertiary/aromatic N) is 1. The molecule has 0 saturated carbocycles. The first-order valence-corrected chi connectivity index (χ1v) is 7.42. The molecule has 2 rings (SSSR count). The third kappa shape index (κ3) is 4.61. The molecule has 10 heteroatoms. The molecule has 0 aliphatic rings. The van der Waals surface area contributed by atoms with Gasteiger partial charge in [0, 0.05) is 22.8 Å². The second-order valence-electron chi connectivity index (χ2n) is 4.89. The molecule has 0 fully saturated rings. The van der Waals surface area contributed by atoms with Gasteiger partial charge in [0.15, 0.2) is 5.71 Å². The Hall–Kier alpha value is -2.32. The van der Waals surface area contributed by atoms with Crippen molar-refractivity contribution in [2.75, 3.05) is 5.32 Å². The number of hydrogen-bond donors (Lipinski definition) is 3. The van der Waals surface area contributed by atoms with Gasteiger partial charge in [-0.2, -0.15) is 13.2 Å². The number of hydrogen-bond acceptors (Lipinski definition) is 4. The number of carboxylic acid groups (broad SMARTS) is 1. The van der Waals surface area contributed by atoms with Gasteiger partial charge in [-0.25, -0.2) is 4.79 Å². The topological polar surface area (TPSA) is 86.1 Å². The molecule has 5 nitrogen and oxygen atoms in total. The lowest BCUT2D eigenvalue weighted by Gasteiger charge is -2.14. The summed E-state index contributed by atoms with van der Waals surface area (Å²) in [5.41, 5.74) is -2.13. The van der Waals surface area contributed by atoms with E-state index in [2.05, 4.69) is 10.3 Å². The Kier molecular flexibility index (Phi) is 5.54. The number of alkyl halides is 3. The monoisotopic (exact) mass is 391 g/mol. The Morgan fingerprint density at radius 2 is 1.96 bits per heavy atom. The van der Waals surface area contributed by atoms with E-state index in [0.29, 0.717) is 22.8 Å². The lowest BCUT2D eigenvalue weighted by molar-refractivity contribution is -0.137. The zero-order chi connectivity index (χ0) is 18.8. The van der Waals surface area contributed by atoms with Gasteiger partial charge < -0.3 is 10.4 Å². The van der Waals surface area contributed by atoms with Crippen molar-refractivity contribution in [3.05, 3.63) is 57.3 Å². The number of pyridine rings is 1. The Bertz CT molecular complexity index is 841. The van der Waals surface area contributed by atoms with Crippen LogP contribution in [0, 0.1) is 5.41 Å². The Balaban J connectivity index is 2.38. The normalized spacial score (nSPS) is 11.2. The van der Waals surface area contributed by atoms with Crippen LogP contribution in [0.4, 0.5) is 18.9 Å². The highest BCUT2D eigenvalue weighted by atomic mass is 35.5. The highest BCUT2D eigenvalue weighted by Crippen LogP contribution is 2.32. The maximum Gasteiger partial charge on any atom is 0.417 e. The molecular weight excluding hydrogens is 382 g/mol. The van der Waals surface area contributed by atoms with Crippen molar-refractivity contribution in [2.24, 2.45) is 0 Å². The zero-order valence-corrected chi connectivity index (χ0v) is 13.8. The second kappa shape index (κ2) is 7.28. The van der Waals surface area contributed by atoms with Gasteiger partial charge in [-0.05, 0) is 23.8 Å². The summed E-state index contributed by atoms with van der Waals surface area (Å²) in [6, 6.07) is 5.28. The van der Waals surface area contributed by atoms with Crippen molar-refractivity contribution in [3.63, 3.8) is 0 Å². The predicted molar refractivity (Wildman–Crippen MR) is 87.5 cm³/mol. The van der Waals surface area contributed by atoms with Gasteiger partial charge in [-0.1, -0.05) is 29.3 Å². The molecule has 0 amide bonds. The number of aliphatic carboxylic acids is 1. The van der Waals surface area contributed by atoms with E-state index in [4.69, 9.17) is 33.7 Å². The number of benzene rings is 1. The lowest BCUT2D eigenvalue weighted by atomic mass is 10.1. The number of carbonyl (C=O) groups is 1. The fourth-order valence-corrected chi connectivity index (χ4v) is 2.39. The molecule has 0 spiro atoms. The largest absolute Gasteiger partial charge is 0.476 e. The van der Waals surface area contributed by atoms with E-state index >= 15 is 0 Å². The molecule has 1 aromatic carbocycles. The van der Waals surface area contributed by atoms with Gasteiger partial charge in [-0.15, -0.1) is 0 Å². The van der Waals surface area contributed by atoms with E-state index in [1.807, 2.05) is 0 Å². The molecule has 0 unspecified atom stereocenters. The molecule has 1 aromatic heterocycles. The van der Waals surface area contributed by atoms with Gasteiger partial charge >= 0.3 is 12.1 Å². The molecule has 0 radical (unpaired) electrons. The summed E-state index contributed by atoms with van der Waals surface area (Å²) in [6.07, 6.45) is -4.18. The quantitative estimate of drug-likeness (QED) is 0.656. The smallest absolute Gasteiger partial charge is 0.417 e. The van der Waals surface area contributed by atoms with E-state index in [1.165, 1.54) is 6.07 Å². The molecule has 25 heavy (non-hydrogen) atoms. The summed E-state index contributed by atoms with van der Waals surface area (Å²) < 4.78 is 38.6. The summed E-state index contributed by atoms with van der Waals surface area (Å²) >= 11 is 11.8.